The molecule has 342 valence electrons. The van der Waals surface area contributed by atoms with Crippen LogP contribution in [0, 0.1) is 29.1 Å². The van der Waals surface area contributed by atoms with Gasteiger partial charge in [0.05, 0.1) is 24.0 Å². The molecule has 0 saturated carbocycles. The van der Waals surface area contributed by atoms with E-state index in [9.17, 15) is 34.5 Å². The number of aliphatic hydroxyl groups is 2. The maximum atomic E-state index is 13.1. The first kappa shape index (κ1) is 53.1. The van der Waals surface area contributed by atoms with Crippen molar-refractivity contribution in [1.29, 1.82) is 0 Å². The average Bonchev–Trinajstić information content (AvgIpc) is 3.20. The van der Waals surface area contributed by atoms with E-state index in [0.717, 1.165) is 51.4 Å². The summed E-state index contributed by atoms with van der Waals surface area (Å²) in [6.07, 6.45) is 36.1. The Balaban J connectivity index is 1.64. The van der Waals surface area contributed by atoms with E-state index in [1.54, 1.807) is 0 Å². The van der Waals surface area contributed by atoms with Crippen LogP contribution in [0.1, 0.15) is 151 Å². The molecule has 0 bridgehead atoms. The summed E-state index contributed by atoms with van der Waals surface area (Å²) < 4.78 is 6.20. The number of fused-ring (bicyclic) bond motifs is 1. The number of aliphatic hydroxyl groups excluding tert-OH is 2. The lowest BCUT2D eigenvalue weighted by Crippen LogP contribution is -2.43. The lowest BCUT2D eigenvalue weighted by molar-refractivity contribution is -0.164. The molecule has 2 rings (SSSR count). The number of carbonyl (C=O) groups is 4. The first-order valence-corrected chi connectivity index (χ1v) is 23.2. The molecule has 10 nitrogen and oxygen atoms in total. The maximum absolute atomic E-state index is 13.1. The van der Waals surface area contributed by atoms with Crippen molar-refractivity contribution in [2.24, 2.45) is 29.1 Å². The first-order valence-electron chi connectivity index (χ1n) is 23.2. The summed E-state index contributed by atoms with van der Waals surface area (Å²) in [5.41, 5.74) is 0.596. The summed E-state index contributed by atoms with van der Waals surface area (Å²) in [6, 6.07) is -1.12. The molecule has 8 atom stereocenters. The Morgan fingerprint density at radius 1 is 0.836 bits per heavy atom. The van der Waals surface area contributed by atoms with Crippen molar-refractivity contribution in [2.45, 2.75) is 175 Å². The van der Waals surface area contributed by atoms with Crippen molar-refractivity contribution in [1.82, 2.24) is 10.6 Å². The Kier molecular flexibility index (Phi) is 26.2. The molecular weight excluding hydrogens is 769 g/mol. The van der Waals surface area contributed by atoms with E-state index < -0.39 is 35.5 Å². The highest BCUT2D eigenvalue weighted by molar-refractivity contribution is 5.83. The number of amides is 2. The minimum absolute atomic E-state index is 0.0163. The fraction of sp³-hybridized carbons (Fsp3) is 0.647. The third-order valence-electron chi connectivity index (χ3n) is 11.9. The van der Waals surface area contributed by atoms with Gasteiger partial charge in [0.25, 0.3) is 0 Å². The van der Waals surface area contributed by atoms with Gasteiger partial charge in [-0.05, 0) is 133 Å². The Bertz CT molecular complexity index is 1540. The van der Waals surface area contributed by atoms with Crippen molar-refractivity contribution >= 4 is 23.8 Å². The van der Waals surface area contributed by atoms with Gasteiger partial charge in [-0.15, -0.1) is 0 Å². The van der Waals surface area contributed by atoms with Crippen molar-refractivity contribution in [3.63, 3.8) is 0 Å². The van der Waals surface area contributed by atoms with E-state index in [-0.39, 0.29) is 60.9 Å². The summed E-state index contributed by atoms with van der Waals surface area (Å²) in [6.45, 7) is 12.6. The highest BCUT2D eigenvalue weighted by Crippen LogP contribution is 2.45. The molecule has 2 amide bonds. The Morgan fingerprint density at radius 3 is 2.07 bits per heavy atom. The Labute approximate surface area is 367 Å². The van der Waals surface area contributed by atoms with Gasteiger partial charge in [-0.25, -0.2) is 4.79 Å². The highest BCUT2D eigenvalue weighted by Gasteiger charge is 2.43. The van der Waals surface area contributed by atoms with Crippen LogP contribution in [0.3, 0.4) is 0 Å². The number of carboxylic acid groups (broad SMARTS) is 1. The number of hydrogen-bond acceptors (Lipinski definition) is 7. The number of nitrogens with one attached hydrogen (secondary N) is 2. The average molecular weight is 849 g/mol. The number of aliphatic carboxylic acids is 1. The fourth-order valence-corrected chi connectivity index (χ4v) is 7.83. The number of ether oxygens (including phenoxy) is 1. The maximum Gasteiger partial charge on any atom is 0.326 e. The van der Waals surface area contributed by atoms with Crippen LogP contribution in [0.4, 0.5) is 0 Å². The molecule has 0 aromatic carbocycles. The zero-order valence-electron chi connectivity index (χ0n) is 38.2. The number of carboxylic acids is 1. The van der Waals surface area contributed by atoms with Gasteiger partial charge < -0.3 is 30.7 Å². The standard InChI is InChI=1S/C51H80N2O8/c1-7-9-10-11-12-13-14-15-16-17-18-19-20-21-22-23-24-28-46(56)52-33-26-25-27-44(49(58)59)53-47(57)37-42(55)36-41(54)31-32-43-39(4)29-30-40-34-38(3)35-45(48(40)43)61-50(60)51(5,6)8-2/h9-10,12-13,15-16,18-19,21-22,29-30,34,38-39,41-45,48,54-55H,7-8,11,14,17,20,23-28,31-33,35-37H2,1-6H3,(H,52,56)(H,53,57)(H,58,59)/b10-9-,13-12-,16-15-,19-18-,22-21-/t38-,39-,41-,42+,43-,44?,45?,48?/m0/s1. The van der Waals surface area contributed by atoms with Gasteiger partial charge in [-0.1, -0.05) is 107 Å². The lowest BCUT2D eigenvalue weighted by Gasteiger charge is -2.44. The first-order chi connectivity index (χ1) is 29.2. The second-order valence-corrected chi connectivity index (χ2v) is 17.7. The van der Waals surface area contributed by atoms with Gasteiger partial charge in [0.2, 0.25) is 11.8 Å². The highest BCUT2D eigenvalue weighted by atomic mass is 16.5. The van der Waals surface area contributed by atoms with E-state index in [2.05, 4.69) is 110 Å². The molecule has 5 N–H and O–H groups in total. The molecule has 2 aliphatic carbocycles. The molecule has 0 saturated heterocycles. The molecule has 0 spiro atoms. The fourth-order valence-electron chi connectivity index (χ4n) is 7.83. The minimum Gasteiger partial charge on any atom is -0.480 e. The number of esters is 1. The van der Waals surface area contributed by atoms with Crippen molar-refractivity contribution < 1.29 is 39.2 Å². The molecule has 61 heavy (non-hydrogen) atoms. The summed E-state index contributed by atoms with van der Waals surface area (Å²) >= 11 is 0. The Morgan fingerprint density at radius 2 is 1.46 bits per heavy atom. The quantitative estimate of drug-likeness (QED) is 0.0271. The minimum atomic E-state index is -1.16. The second-order valence-electron chi connectivity index (χ2n) is 17.7. The summed E-state index contributed by atoms with van der Waals surface area (Å²) in [7, 11) is 0. The van der Waals surface area contributed by atoms with Crippen LogP contribution < -0.4 is 10.6 Å². The van der Waals surface area contributed by atoms with Gasteiger partial charge in [0.1, 0.15) is 12.1 Å². The molecule has 2 aliphatic rings. The smallest absolute Gasteiger partial charge is 0.326 e. The van der Waals surface area contributed by atoms with Gasteiger partial charge in [-0.3, -0.25) is 14.4 Å². The molecule has 0 aromatic heterocycles. The topological polar surface area (TPSA) is 162 Å². The zero-order valence-corrected chi connectivity index (χ0v) is 38.2. The molecule has 3 unspecified atom stereocenters. The van der Waals surface area contributed by atoms with Crippen molar-refractivity contribution in [3.05, 3.63) is 84.6 Å². The molecule has 10 heteroatoms. The molecule has 0 radical (unpaired) electrons. The molecule has 0 aliphatic heterocycles. The summed E-state index contributed by atoms with van der Waals surface area (Å²) in [4.78, 5) is 50.0. The second kappa shape index (κ2) is 30.1. The zero-order chi connectivity index (χ0) is 45.0. The van der Waals surface area contributed by atoms with Gasteiger partial charge in [-0.2, -0.15) is 0 Å². The third-order valence-corrected chi connectivity index (χ3v) is 11.9. The lowest BCUT2D eigenvalue weighted by atomic mass is 9.65. The van der Waals surface area contributed by atoms with Crippen molar-refractivity contribution in [2.75, 3.05) is 6.54 Å². The third kappa shape index (κ3) is 22.1. The van der Waals surface area contributed by atoms with Crippen LogP contribution in [-0.2, 0) is 23.9 Å². The van der Waals surface area contributed by atoms with Crippen molar-refractivity contribution in [3.8, 4) is 0 Å². The van der Waals surface area contributed by atoms with Gasteiger partial charge in [0.15, 0.2) is 0 Å². The number of allylic oxidation sites excluding steroid dienone is 13. The summed E-state index contributed by atoms with van der Waals surface area (Å²) in [5.74, 6) is -1.36. The Hall–Kier alpha value is -4.02. The van der Waals surface area contributed by atoms with E-state index in [1.807, 2.05) is 20.8 Å². The van der Waals surface area contributed by atoms with Crippen LogP contribution in [0.15, 0.2) is 84.6 Å². The number of rotatable bonds is 30. The SMILES string of the molecule is CC/C=C\C/C=C\C/C=C\C/C=C\C/C=C\CCCC(=O)NCCCCC(NC(=O)C[C@H](O)C[C@@H](O)CC[C@@H]1C2C(=C[C@H](C)CC2OC(=O)C(C)(C)CC)C=C[C@@H]1C)C(=O)O. The predicted molar refractivity (Wildman–Crippen MR) is 246 cm³/mol. The van der Waals surface area contributed by atoms with Crippen LogP contribution in [0.5, 0.6) is 0 Å². The van der Waals surface area contributed by atoms with Crippen LogP contribution in [0.25, 0.3) is 0 Å². The summed E-state index contributed by atoms with van der Waals surface area (Å²) in [5, 5.41) is 36.7. The normalized spacial score (nSPS) is 22.2. The number of carbonyl (C=O) groups excluding carboxylic acids is 3. The van der Waals surface area contributed by atoms with Gasteiger partial charge >= 0.3 is 11.9 Å². The van der Waals surface area contributed by atoms with E-state index in [4.69, 9.17) is 4.74 Å². The van der Waals surface area contributed by atoms with E-state index in [1.165, 1.54) is 5.57 Å². The van der Waals surface area contributed by atoms with E-state index in [0.29, 0.717) is 45.1 Å². The number of hydrogen-bond donors (Lipinski definition) is 5. The predicted octanol–water partition coefficient (Wildman–Crippen LogP) is 9.80. The molecule has 0 heterocycles. The largest absolute Gasteiger partial charge is 0.480 e. The molecule has 0 aromatic rings. The monoisotopic (exact) mass is 849 g/mol. The van der Waals surface area contributed by atoms with Crippen LogP contribution in [-0.4, -0.2) is 70.0 Å². The van der Waals surface area contributed by atoms with E-state index >= 15 is 0 Å². The van der Waals surface area contributed by atoms with Crippen LogP contribution in [0.2, 0.25) is 0 Å². The molecule has 0 fully saturated rings. The molecular formula is C51H80N2O8. The number of unbranched alkanes of at least 4 members (excludes halogenated alkanes) is 2. The van der Waals surface area contributed by atoms with Gasteiger partial charge in [0, 0.05) is 18.9 Å². The van der Waals surface area contributed by atoms with Crippen LogP contribution >= 0.6 is 0 Å².